The van der Waals surface area contributed by atoms with Crippen molar-refractivity contribution in [3.63, 3.8) is 0 Å². The highest BCUT2D eigenvalue weighted by Gasteiger charge is 2.17. The number of benzene rings is 3. The summed E-state index contributed by atoms with van der Waals surface area (Å²) >= 11 is 12.0. The van der Waals surface area contributed by atoms with Gasteiger partial charge in [0, 0.05) is 6.07 Å². The Labute approximate surface area is 170 Å². The molecule has 0 aliphatic carbocycles. The molecule has 0 unspecified atom stereocenters. The number of hydrogen-bond donors (Lipinski definition) is 0. The van der Waals surface area contributed by atoms with Crippen molar-refractivity contribution < 1.29 is 23.9 Å². The van der Waals surface area contributed by atoms with Crippen molar-refractivity contribution in [3.05, 3.63) is 93.5 Å². The van der Waals surface area contributed by atoms with Gasteiger partial charge >= 0.3 is 11.9 Å². The van der Waals surface area contributed by atoms with E-state index in [2.05, 4.69) is 0 Å². The first kappa shape index (κ1) is 19.6. The molecule has 0 aliphatic rings. The van der Waals surface area contributed by atoms with E-state index >= 15 is 0 Å². The van der Waals surface area contributed by atoms with Crippen molar-refractivity contribution in [3.8, 4) is 11.5 Å². The fourth-order valence-corrected chi connectivity index (χ4v) is 2.76. The lowest BCUT2D eigenvalue weighted by atomic mass is 10.2. The Balaban J connectivity index is 1.85. The Morgan fingerprint density at radius 3 is 1.82 bits per heavy atom. The van der Waals surface area contributed by atoms with Gasteiger partial charge in [-0.15, -0.1) is 0 Å². The zero-order valence-electron chi connectivity index (χ0n) is 14.2. The van der Waals surface area contributed by atoms with Crippen LogP contribution in [0.5, 0.6) is 11.5 Å². The van der Waals surface area contributed by atoms with E-state index < -0.39 is 11.9 Å². The van der Waals surface area contributed by atoms with Crippen LogP contribution in [0.4, 0.5) is 0 Å². The van der Waals surface area contributed by atoms with Crippen LogP contribution >= 0.6 is 23.2 Å². The van der Waals surface area contributed by atoms with Gasteiger partial charge in [-0.05, 0) is 36.4 Å². The van der Waals surface area contributed by atoms with Gasteiger partial charge in [0.2, 0.25) is 0 Å². The van der Waals surface area contributed by atoms with Gasteiger partial charge in [0.25, 0.3) is 0 Å². The Hall–Kier alpha value is -3.15. The minimum Gasteiger partial charge on any atom is -0.423 e. The minimum absolute atomic E-state index is 0.0654. The third kappa shape index (κ3) is 4.39. The predicted octanol–water partition coefficient (Wildman–Crippen LogP) is 5.24. The first-order chi connectivity index (χ1) is 13.5. The van der Waals surface area contributed by atoms with Gasteiger partial charge in [0.15, 0.2) is 6.29 Å². The van der Waals surface area contributed by atoms with Crippen LogP contribution < -0.4 is 9.47 Å². The quantitative estimate of drug-likeness (QED) is 0.324. The summed E-state index contributed by atoms with van der Waals surface area (Å²) in [4.78, 5) is 35.9. The molecule has 0 fully saturated rings. The molecule has 0 spiro atoms. The van der Waals surface area contributed by atoms with Crippen LogP contribution in [0.1, 0.15) is 31.1 Å². The molecule has 0 aromatic heterocycles. The number of esters is 2. The number of halogens is 2. The van der Waals surface area contributed by atoms with E-state index in [-0.39, 0.29) is 38.2 Å². The van der Waals surface area contributed by atoms with E-state index in [0.29, 0.717) is 6.29 Å². The maximum atomic E-state index is 12.4. The summed E-state index contributed by atoms with van der Waals surface area (Å²) in [6.07, 6.45) is 0.523. The monoisotopic (exact) mass is 414 g/mol. The minimum atomic E-state index is -0.747. The molecule has 7 heteroatoms. The number of aldehydes is 1. The molecule has 0 saturated carbocycles. The summed E-state index contributed by atoms with van der Waals surface area (Å²) in [5, 5.41) is 0.448. The van der Waals surface area contributed by atoms with Crippen LogP contribution in [0.15, 0.2) is 66.7 Å². The van der Waals surface area contributed by atoms with Crippen molar-refractivity contribution >= 4 is 41.4 Å². The van der Waals surface area contributed by atoms with E-state index in [0.717, 1.165) is 0 Å². The Bertz CT molecular complexity index is 1060. The largest absolute Gasteiger partial charge is 0.423 e. The predicted molar refractivity (Wildman–Crippen MR) is 105 cm³/mol. The highest BCUT2D eigenvalue weighted by molar-refractivity contribution is 6.34. The molecule has 3 aromatic rings. The molecule has 3 rings (SSSR count). The van der Waals surface area contributed by atoms with Crippen molar-refractivity contribution in [2.75, 3.05) is 0 Å². The highest BCUT2D eigenvalue weighted by Crippen LogP contribution is 2.27. The first-order valence-electron chi connectivity index (χ1n) is 8.02. The van der Waals surface area contributed by atoms with Gasteiger partial charge in [0.1, 0.15) is 11.5 Å². The van der Waals surface area contributed by atoms with E-state index in [9.17, 15) is 14.4 Å². The van der Waals surface area contributed by atoms with E-state index in [1.165, 1.54) is 30.3 Å². The highest BCUT2D eigenvalue weighted by atomic mass is 35.5. The van der Waals surface area contributed by atoms with Crippen LogP contribution in [-0.2, 0) is 0 Å². The van der Waals surface area contributed by atoms with E-state index in [1.54, 1.807) is 36.4 Å². The van der Waals surface area contributed by atoms with Crippen molar-refractivity contribution in [1.29, 1.82) is 0 Å². The summed E-state index contributed by atoms with van der Waals surface area (Å²) < 4.78 is 10.6. The molecule has 0 atom stereocenters. The van der Waals surface area contributed by atoms with Crippen molar-refractivity contribution in [2.45, 2.75) is 0 Å². The summed E-state index contributed by atoms with van der Waals surface area (Å²) in [6, 6.07) is 16.8. The van der Waals surface area contributed by atoms with Crippen molar-refractivity contribution in [2.24, 2.45) is 0 Å². The van der Waals surface area contributed by atoms with Crippen LogP contribution in [0.25, 0.3) is 0 Å². The molecule has 3 aromatic carbocycles. The standard InChI is InChI=1S/C21H12Cl2O5/c22-17-7-3-1-5-15(17)20(25)27-14-10-9-13(12-24)19(11-14)28-21(26)16-6-2-4-8-18(16)23/h1-12H. The summed E-state index contributed by atoms with van der Waals surface area (Å²) in [5.74, 6) is -1.42. The lowest BCUT2D eigenvalue weighted by molar-refractivity contribution is 0.0732. The SMILES string of the molecule is O=Cc1ccc(OC(=O)c2ccccc2Cl)cc1OC(=O)c1ccccc1Cl. The molecule has 140 valence electrons. The molecule has 28 heavy (non-hydrogen) atoms. The summed E-state index contributed by atoms with van der Waals surface area (Å²) in [7, 11) is 0. The third-order valence-corrected chi connectivity index (χ3v) is 4.37. The second-order valence-electron chi connectivity index (χ2n) is 5.56. The molecular formula is C21H12Cl2O5. The molecule has 0 aliphatic heterocycles. The van der Waals surface area contributed by atoms with Crippen LogP contribution in [0.2, 0.25) is 10.0 Å². The molecule has 5 nitrogen and oxygen atoms in total. The van der Waals surface area contributed by atoms with Crippen LogP contribution in [0, 0.1) is 0 Å². The Kier molecular flexibility index (Phi) is 6.09. The zero-order valence-corrected chi connectivity index (χ0v) is 15.7. The topological polar surface area (TPSA) is 69.7 Å². The molecule has 0 heterocycles. The Morgan fingerprint density at radius 2 is 1.29 bits per heavy atom. The summed E-state index contributed by atoms with van der Waals surface area (Å²) in [5.41, 5.74) is 0.427. The number of hydrogen-bond acceptors (Lipinski definition) is 5. The van der Waals surface area contributed by atoms with E-state index in [1.807, 2.05) is 0 Å². The molecule has 0 amide bonds. The molecule has 0 bridgehead atoms. The lowest BCUT2D eigenvalue weighted by Gasteiger charge is -2.10. The number of carbonyl (C=O) groups excluding carboxylic acids is 3. The molecular weight excluding hydrogens is 403 g/mol. The number of ether oxygens (including phenoxy) is 2. The normalized spacial score (nSPS) is 10.2. The van der Waals surface area contributed by atoms with Crippen molar-refractivity contribution in [1.82, 2.24) is 0 Å². The second kappa shape index (κ2) is 8.69. The number of carbonyl (C=O) groups is 3. The zero-order chi connectivity index (χ0) is 20.1. The first-order valence-corrected chi connectivity index (χ1v) is 8.78. The molecule has 0 saturated heterocycles. The number of rotatable bonds is 5. The molecule has 0 radical (unpaired) electrons. The third-order valence-electron chi connectivity index (χ3n) is 3.71. The van der Waals surface area contributed by atoms with Gasteiger partial charge in [-0.3, -0.25) is 4.79 Å². The molecule has 0 N–H and O–H groups in total. The lowest BCUT2D eigenvalue weighted by Crippen LogP contribution is -2.12. The fraction of sp³-hybridized carbons (Fsp3) is 0. The van der Waals surface area contributed by atoms with E-state index in [4.69, 9.17) is 32.7 Å². The van der Waals surface area contributed by atoms with Gasteiger partial charge in [-0.2, -0.15) is 0 Å². The fourth-order valence-electron chi connectivity index (χ4n) is 2.33. The van der Waals surface area contributed by atoms with Crippen LogP contribution in [-0.4, -0.2) is 18.2 Å². The van der Waals surface area contributed by atoms with Crippen LogP contribution in [0.3, 0.4) is 0 Å². The van der Waals surface area contributed by atoms with Gasteiger partial charge < -0.3 is 9.47 Å². The second-order valence-corrected chi connectivity index (χ2v) is 6.37. The van der Waals surface area contributed by atoms with Gasteiger partial charge in [-0.25, -0.2) is 9.59 Å². The summed E-state index contributed by atoms with van der Waals surface area (Å²) in [6.45, 7) is 0. The van der Waals surface area contributed by atoms with Gasteiger partial charge in [0.05, 0.1) is 26.7 Å². The average Bonchev–Trinajstić information content (AvgIpc) is 2.68. The maximum Gasteiger partial charge on any atom is 0.345 e. The maximum absolute atomic E-state index is 12.4. The Morgan fingerprint density at radius 1 is 0.750 bits per heavy atom. The smallest absolute Gasteiger partial charge is 0.345 e. The van der Waals surface area contributed by atoms with Gasteiger partial charge in [-0.1, -0.05) is 47.5 Å². The average molecular weight is 415 g/mol.